The Labute approximate surface area is 601 Å². The number of halogens is 1. The number of amides is 1. The number of benzene rings is 2. The highest BCUT2D eigenvalue weighted by Crippen LogP contribution is 2.70. The van der Waals surface area contributed by atoms with E-state index in [1.54, 1.807) is 44.4 Å². The van der Waals surface area contributed by atoms with Crippen LogP contribution in [0.15, 0.2) is 48.1 Å². The van der Waals surface area contributed by atoms with Crippen LogP contribution >= 0.6 is 69.6 Å². The summed E-state index contributed by atoms with van der Waals surface area (Å²) in [6, 6.07) is 6.92. The second-order valence-electron chi connectivity index (χ2n) is 25.8. The van der Waals surface area contributed by atoms with E-state index < -0.39 is 150 Å². The van der Waals surface area contributed by atoms with Crippen molar-refractivity contribution in [2.24, 2.45) is 29.1 Å². The third-order valence-corrected chi connectivity index (χ3v) is 26.4. The Bertz CT molecular complexity index is 3380. The predicted octanol–water partition coefficient (Wildman–Crippen LogP) is 4.45. The summed E-state index contributed by atoms with van der Waals surface area (Å²) < 4.78 is 62.3. The number of esters is 1. The van der Waals surface area contributed by atoms with Gasteiger partial charge >= 0.3 is 5.97 Å². The van der Waals surface area contributed by atoms with E-state index in [0.717, 1.165) is 34.6 Å². The number of thioether (sulfide) groups is 4. The molecule has 0 bridgehead atoms. The van der Waals surface area contributed by atoms with Gasteiger partial charge < -0.3 is 88.0 Å². The van der Waals surface area contributed by atoms with Crippen molar-refractivity contribution in [3.05, 3.63) is 73.9 Å². The lowest BCUT2D eigenvalue weighted by Gasteiger charge is -2.60. The van der Waals surface area contributed by atoms with Crippen LogP contribution in [0, 0.1) is 63.3 Å². The number of hydrogen-bond acceptors (Lipinski definition) is 27. The topological polar surface area (TPSA) is 327 Å². The number of carbonyl (C=O) groups is 4. The number of hydroxylamine groups is 1. The zero-order valence-electron chi connectivity index (χ0n) is 56.1. The van der Waals surface area contributed by atoms with E-state index in [9.17, 15) is 54.9 Å². The highest BCUT2D eigenvalue weighted by molar-refractivity contribution is 14.1. The molecule has 24 nitrogen and oxygen atoms in total. The molecule has 0 radical (unpaired) electrons. The van der Waals surface area contributed by atoms with Crippen LogP contribution in [0.4, 0.5) is 0 Å². The fourth-order valence-electron chi connectivity index (χ4n) is 14.8. The van der Waals surface area contributed by atoms with Crippen molar-refractivity contribution in [2.75, 3.05) is 64.3 Å². The van der Waals surface area contributed by atoms with Gasteiger partial charge in [0.25, 0.3) is 0 Å². The average molecular weight is 1550 g/mol. The van der Waals surface area contributed by atoms with Crippen molar-refractivity contribution in [3.63, 3.8) is 0 Å². The Morgan fingerprint density at radius 3 is 2.34 bits per heavy atom. The minimum absolute atomic E-state index is 0.000632. The minimum Gasteiger partial charge on any atom is -0.492 e. The van der Waals surface area contributed by atoms with Crippen LogP contribution in [0.2, 0.25) is 0 Å². The molecule has 5 heterocycles. The second kappa shape index (κ2) is 33.8. The lowest BCUT2D eigenvalue weighted by atomic mass is 9.44. The van der Waals surface area contributed by atoms with Gasteiger partial charge in [-0.15, -0.1) is 23.5 Å². The number of aliphatic hydroxyl groups is 7. The first-order chi connectivity index (χ1) is 47.0. The molecule has 538 valence electrons. The molecule has 98 heavy (non-hydrogen) atoms. The first-order valence-corrected chi connectivity index (χ1v) is 38.2. The number of carbonyl (C=O) groups excluding carboxylic acids is 4. The van der Waals surface area contributed by atoms with Gasteiger partial charge in [0, 0.05) is 90.6 Å². The summed E-state index contributed by atoms with van der Waals surface area (Å²) in [5, 5.41) is 80.5. The summed E-state index contributed by atoms with van der Waals surface area (Å²) in [7, 11) is 3.92. The standard InChI is InChI=1S/C69H89IN2O22S4/c1-10-72(38(6)75)46-30-87-51(24-41(46)28-73)92-62-59(81)56(71-94-52-26-47(76)64(37(5)88-52)98-65(82)53-34(2)55(70)61(63(86-9)60(53)85-8)93-66-58(80)43(29-74)57(79)36(4)90-66)35(3)89-67(62)91-49-18-13-11-12-14-20-68-45(25-50(78)84-7)48(77)27-69(68,83)44(54(49)68)19-21-95-31-40-17-15-16-39(22-40)23-42-32-96-33-97-42/h11-12,15-17,19,22,35-37,41-43,45-47,49,51-52,54,56-59,62,64,66-67,71,73-74,76,79-81,83H,10,21,23-33H2,1-9H3/b12-11-,44-19-/t35?,36?,37?,41?,42-,43?,45?,46?,47?,49+,51?,52?,54+,56?,57?,58?,59?,62?,64?,66?,67?,68-,69+/m1/s1. The van der Waals surface area contributed by atoms with Crippen LogP contribution in [0.3, 0.4) is 0 Å². The van der Waals surface area contributed by atoms with Gasteiger partial charge in [0.15, 0.2) is 30.4 Å². The molecule has 29 heteroatoms. The predicted molar refractivity (Wildman–Crippen MR) is 374 cm³/mol. The maximum absolute atomic E-state index is 14.5. The maximum atomic E-state index is 14.5. The molecule has 8 N–H and O–H groups in total. The largest absolute Gasteiger partial charge is 0.492 e. The summed E-state index contributed by atoms with van der Waals surface area (Å²) in [6.45, 7) is 9.32. The molecule has 5 saturated heterocycles. The van der Waals surface area contributed by atoms with Gasteiger partial charge in [0.1, 0.15) is 35.8 Å². The van der Waals surface area contributed by atoms with Crippen LogP contribution in [0.5, 0.6) is 17.2 Å². The Balaban J connectivity index is 0.886. The van der Waals surface area contributed by atoms with Gasteiger partial charge in [-0.2, -0.15) is 17.2 Å². The van der Waals surface area contributed by atoms with Crippen LogP contribution < -0.4 is 19.7 Å². The second-order valence-corrected chi connectivity index (χ2v) is 31.7. The number of nitrogens with one attached hydrogen (secondary N) is 1. The molecule has 10 rings (SSSR count). The SMILES string of the molecule is CCN(C(C)=O)C1COC(OC2C(O[C@H]3C#C/C=C\C#C[C@]45C(CC(=O)OC)C(=O)C[C@]4(O)/C(=C\CSCc4cccc(C[C@@H]6CSCS6)c4)[C@@H]35)OC(C)C(NOC3CC(O)C(SC(=O)c4c(C)c(I)c(OC5OC(C)C(O)C(CO)C5O)c(OC)c4OC)C(C)O3)C2O)CC1CO. The number of ether oxygens (including phenoxy) is 10. The molecule has 3 aliphatic carbocycles. The summed E-state index contributed by atoms with van der Waals surface area (Å²) in [6.07, 6.45) is -10.7. The lowest BCUT2D eigenvalue weighted by Crippen LogP contribution is -2.69. The van der Waals surface area contributed by atoms with E-state index in [1.165, 1.54) is 46.0 Å². The molecule has 2 saturated carbocycles. The van der Waals surface area contributed by atoms with E-state index in [-0.39, 0.29) is 73.4 Å². The van der Waals surface area contributed by atoms with Crippen molar-refractivity contribution < 1.29 is 107 Å². The minimum atomic E-state index is -1.85. The van der Waals surface area contributed by atoms with Crippen LogP contribution in [-0.4, -0.2) is 236 Å². The number of nitrogens with zero attached hydrogens (tertiary/aromatic N) is 1. The van der Waals surface area contributed by atoms with Gasteiger partial charge in [-0.05, 0) is 98.0 Å². The molecule has 1 amide bonds. The smallest absolute Gasteiger partial charge is 0.306 e. The van der Waals surface area contributed by atoms with Crippen LogP contribution in [0.25, 0.3) is 0 Å². The van der Waals surface area contributed by atoms with Crippen LogP contribution in [0.1, 0.15) is 87.4 Å². The van der Waals surface area contributed by atoms with Gasteiger partial charge in [-0.25, -0.2) is 0 Å². The number of ketones is 1. The fraction of sp³-hybridized carbons (Fsp3) is 0.652. The molecule has 7 fully saturated rings. The van der Waals surface area contributed by atoms with Crippen molar-refractivity contribution in [2.45, 2.75) is 188 Å². The molecule has 2 aromatic rings. The zero-order valence-corrected chi connectivity index (χ0v) is 61.5. The van der Waals surface area contributed by atoms with Gasteiger partial charge in [-0.1, -0.05) is 65.8 Å². The molecular weight excluding hydrogens is 1460 g/mol. The molecule has 0 aromatic heterocycles. The molecule has 23 atom stereocenters. The van der Waals surface area contributed by atoms with Gasteiger partial charge in [0.2, 0.25) is 23.1 Å². The van der Waals surface area contributed by atoms with E-state index in [1.807, 2.05) is 59.1 Å². The summed E-state index contributed by atoms with van der Waals surface area (Å²) in [5.74, 6) is 9.92. The summed E-state index contributed by atoms with van der Waals surface area (Å²) >= 11 is 8.35. The third kappa shape index (κ3) is 15.8. The van der Waals surface area contributed by atoms with E-state index in [4.69, 9.17) is 52.2 Å². The molecule has 5 aliphatic heterocycles. The van der Waals surface area contributed by atoms with Gasteiger partial charge in [-0.3, -0.25) is 24.0 Å². The number of rotatable bonds is 25. The lowest BCUT2D eigenvalue weighted by molar-refractivity contribution is -0.342. The Hall–Kier alpha value is -3.75. The molecular formula is C69H89IN2O22S4. The van der Waals surface area contributed by atoms with E-state index in [2.05, 4.69) is 53.4 Å². The number of methoxy groups -OCH3 is 3. The maximum Gasteiger partial charge on any atom is 0.306 e. The fourth-order valence-corrected chi connectivity index (χ4v) is 20.4. The van der Waals surface area contributed by atoms with Crippen molar-refractivity contribution in [3.8, 4) is 40.9 Å². The first-order valence-electron chi connectivity index (χ1n) is 32.9. The van der Waals surface area contributed by atoms with Crippen molar-refractivity contribution in [1.82, 2.24) is 10.4 Å². The quantitative estimate of drug-likeness (QED) is 0.0170. The van der Waals surface area contributed by atoms with Crippen molar-refractivity contribution >= 4 is 92.4 Å². The van der Waals surface area contributed by atoms with Crippen LogP contribution in [-0.2, 0) is 64.6 Å². The Kier molecular flexibility index (Phi) is 26.5. The number of allylic oxidation sites excluding steroid dienone is 2. The molecule has 18 unspecified atom stereocenters. The number of hydrogen-bond donors (Lipinski definition) is 8. The Morgan fingerprint density at radius 2 is 1.65 bits per heavy atom. The monoisotopic (exact) mass is 1550 g/mol. The highest BCUT2D eigenvalue weighted by Gasteiger charge is 2.78. The van der Waals surface area contributed by atoms with E-state index in [0.29, 0.717) is 38.0 Å². The normalized spacial score (nSPS) is 37.3. The Morgan fingerprint density at radius 1 is 0.908 bits per heavy atom. The molecule has 2 aromatic carbocycles. The van der Waals surface area contributed by atoms with E-state index >= 15 is 0 Å². The van der Waals surface area contributed by atoms with Crippen molar-refractivity contribution in [1.29, 1.82) is 0 Å². The molecule has 8 aliphatic rings. The number of likely N-dealkylation sites (N-methyl/N-ethyl adjacent to an activating group) is 1. The number of Topliss-reactive ketones (excluding diaryl/α,β-unsaturated/α-hetero) is 1. The first kappa shape index (κ1) is 76.9. The molecule has 1 spiro atoms. The zero-order chi connectivity index (χ0) is 70.5. The summed E-state index contributed by atoms with van der Waals surface area (Å²) in [4.78, 5) is 62.8. The van der Waals surface area contributed by atoms with Gasteiger partial charge in [0.05, 0.1) is 103 Å². The third-order valence-electron chi connectivity index (χ3n) is 19.9. The highest BCUT2D eigenvalue weighted by atomic mass is 127. The summed E-state index contributed by atoms with van der Waals surface area (Å²) in [5.41, 5.74) is 2.83. The average Bonchev–Trinajstić information content (AvgIpc) is 1.40. The number of aliphatic hydroxyl groups excluding tert-OH is 6.